The van der Waals surface area contributed by atoms with E-state index in [4.69, 9.17) is 0 Å². The van der Waals surface area contributed by atoms with Crippen LogP contribution in [0.25, 0.3) is 0 Å². The molecule has 2 heteroatoms. The lowest BCUT2D eigenvalue weighted by molar-refractivity contribution is 0.358. The lowest BCUT2D eigenvalue weighted by Crippen LogP contribution is -2.25. The second-order valence-electron chi connectivity index (χ2n) is 2.34. The van der Waals surface area contributed by atoms with Crippen LogP contribution in [-0.2, 0) is 0 Å². The summed E-state index contributed by atoms with van der Waals surface area (Å²) in [6, 6.07) is 0. The third-order valence-corrected chi connectivity index (χ3v) is 1.60. The molecule has 64 valence electrons. The van der Waals surface area contributed by atoms with Crippen LogP contribution in [0.3, 0.4) is 0 Å². The van der Waals surface area contributed by atoms with Gasteiger partial charge in [-0.3, -0.25) is 4.90 Å². The van der Waals surface area contributed by atoms with Crippen LogP contribution in [0.15, 0.2) is 24.8 Å². The standard InChI is InChI=1S/C9H17NS/c1-3-5-7-10(6-4-2)8-9-11/h3-5,11H,2,6-9H2,1H3/b5-3+. The molecule has 0 aromatic heterocycles. The average molecular weight is 171 g/mol. The van der Waals surface area contributed by atoms with E-state index in [1.807, 2.05) is 13.0 Å². The van der Waals surface area contributed by atoms with Gasteiger partial charge in [0.05, 0.1) is 0 Å². The first-order valence-electron chi connectivity index (χ1n) is 3.90. The van der Waals surface area contributed by atoms with E-state index >= 15 is 0 Å². The van der Waals surface area contributed by atoms with Crippen molar-refractivity contribution in [1.29, 1.82) is 0 Å². The highest BCUT2D eigenvalue weighted by molar-refractivity contribution is 7.80. The van der Waals surface area contributed by atoms with Gasteiger partial charge in [0.2, 0.25) is 0 Å². The van der Waals surface area contributed by atoms with Crippen molar-refractivity contribution in [3.05, 3.63) is 24.8 Å². The van der Waals surface area contributed by atoms with Crippen molar-refractivity contribution in [2.45, 2.75) is 6.92 Å². The zero-order chi connectivity index (χ0) is 8.53. The van der Waals surface area contributed by atoms with E-state index in [0.717, 1.165) is 25.4 Å². The van der Waals surface area contributed by atoms with Gasteiger partial charge in [-0.05, 0) is 6.92 Å². The normalized spacial score (nSPS) is 11.2. The van der Waals surface area contributed by atoms with Crippen LogP contribution in [0.2, 0.25) is 0 Å². The Balaban J connectivity index is 3.58. The van der Waals surface area contributed by atoms with Crippen molar-refractivity contribution >= 4 is 12.6 Å². The molecule has 0 bridgehead atoms. The maximum atomic E-state index is 4.17. The van der Waals surface area contributed by atoms with Crippen LogP contribution in [0.4, 0.5) is 0 Å². The fourth-order valence-corrected chi connectivity index (χ4v) is 1.12. The van der Waals surface area contributed by atoms with Crippen LogP contribution >= 0.6 is 12.6 Å². The summed E-state index contributed by atoms with van der Waals surface area (Å²) in [6.45, 7) is 8.71. The predicted octanol–water partition coefficient (Wildman–Crippen LogP) is 1.98. The van der Waals surface area contributed by atoms with Gasteiger partial charge >= 0.3 is 0 Å². The Kier molecular flexibility index (Phi) is 7.74. The van der Waals surface area contributed by atoms with Crippen LogP contribution in [-0.4, -0.2) is 30.3 Å². The van der Waals surface area contributed by atoms with Crippen LogP contribution in [0, 0.1) is 0 Å². The van der Waals surface area contributed by atoms with Gasteiger partial charge in [-0.1, -0.05) is 18.2 Å². The average Bonchev–Trinajstić information content (AvgIpc) is 2.01. The Bertz CT molecular complexity index is 121. The molecule has 0 N–H and O–H groups in total. The van der Waals surface area contributed by atoms with Gasteiger partial charge in [0.15, 0.2) is 0 Å². The molecule has 0 amide bonds. The molecule has 0 rings (SSSR count). The molecule has 0 radical (unpaired) electrons. The monoisotopic (exact) mass is 171 g/mol. The molecule has 0 saturated heterocycles. The minimum Gasteiger partial charge on any atom is -0.295 e. The second kappa shape index (κ2) is 7.89. The van der Waals surface area contributed by atoms with Crippen molar-refractivity contribution < 1.29 is 0 Å². The van der Waals surface area contributed by atoms with Gasteiger partial charge in [0, 0.05) is 25.4 Å². The van der Waals surface area contributed by atoms with Crippen molar-refractivity contribution in [3.8, 4) is 0 Å². The molecular weight excluding hydrogens is 154 g/mol. The topological polar surface area (TPSA) is 3.24 Å². The van der Waals surface area contributed by atoms with Gasteiger partial charge in [-0.25, -0.2) is 0 Å². The minimum atomic E-state index is 0.908. The lowest BCUT2D eigenvalue weighted by atomic mass is 10.4. The van der Waals surface area contributed by atoms with Gasteiger partial charge in [0.1, 0.15) is 0 Å². The Morgan fingerprint density at radius 1 is 1.45 bits per heavy atom. The summed E-state index contributed by atoms with van der Waals surface area (Å²) in [5, 5.41) is 0. The molecular formula is C9H17NS. The molecule has 0 spiro atoms. The highest BCUT2D eigenvalue weighted by Crippen LogP contribution is 1.90. The molecule has 0 saturated carbocycles. The first-order valence-corrected chi connectivity index (χ1v) is 4.53. The summed E-state index contributed by atoms with van der Waals surface area (Å²) < 4.78 is 0. The first-order chi connectivity index (χ1) is 5.35. The quantitative estimate of drug-likeness (QED) is 0.472. The lowest BCUT2D eigenvalue weighted by Gasteiger charge is -2.16. The Hall–Kier alpha value is -0.210. The summed E-state index contributed by atoms with van der Waals surface area (Å²) in [5.74, 6) is 0.908. The number of thiol groups is 1. The van der Waals surface area contributed by atoms with Crippen LogP contribution in [0.1, 0.15) is 6.92 Å². The highest BCUT2D eigenvalue weighted by atomic mass is 32.1. The van der Waals surface area contributed by atoms with Gasteiger partial charge in [-0.15, -0.1) is 6.58 Å². The van der Waals surface area contributed by atoms with Crippen molar-refractivity contribution in [2.75, 3.05) is 25.4 Å². The number of allylic oxidation sites excluding steroid dienone is 1. The molecule has 0 aromatic carbocycles. The molecule has 1 nitrogen and oxygen atoms in total. The predicted molar refractivity (Wildman–Crippen MR) is 55.3 cm³/mol. The van der Waals surface area contributed by atoms with E-state index in [-0.39, 0.29) is 0 Å². The molecule has 0 unspecified atom stereocenters. The SMILES string of the molecule is C=CCN(C/C=C/C)CCS. The minimum absolute atomic E-state index is 0.908. The number of hydrogen-bond acceptors (Lipinski definition) is 2. The zero-order valence-electron chi connectivity index (χ0n) is 7.16. The molecule has 0 aliphatic heterocycles. The van der Waals surface area contributed by atoms with Crippen molar-refractivity contribution in [3.63, 3.8) is 0 Å². The summed E-state index contributed by atoms with van der Waals surface area (Å²) in [5.41, 5.74) is 0. The Morgan fingerprint density at radius 2 is 2.18 bits per heavy atom. The summed E-state index contributed by atoms with van der Waals surface area (Å²) >= 11 is 4.17. The van der Waals surface area contributed by atoms with E-state index in [9.17, 15) is 0 Å². The fourth-order valence-electron chi connectivity index (χ4n) is 0.836. The van der Waals surface area contributed by atoms with Gasteiger partial charge in [-0.2, -0.15) is 12.6 Å². The summed E-state index contributed by atoms with van der Waals surface area (Å²) in [4.78, 5) is 2.29. The molecule has 0 atom stereocenters. The summed E-state index contributed by atoms with van der Waals surface area (Å²) in [6.07, 6.45) is 6.13. The van der Waals surface area contributed by atoms with E-state index in [1.54, 1.807) is 0 Å². The molecule has 11 heavy (non-hydrogen) atoms. The van der Waals surface area contributed by atoms with Gasteiger partial charge < -0.3 is 0 Å². The molecule has 0 aliphatic rings. The maximum Gasteiger partial charge on any atom is 0.0166 e. The van der Waals surface area contributed by atoms with Gasteiger partial charge in [0.25, 0.3) is 0 Å². The Labute approximate surface area is 75.2 Å². The van der Waals surface area contributed by atoms with E-state index in [1.165, 1.54) is 0 Å². The van der Waals surface area contributed by atoms with E-state index < -0.39 is 0 Å². The third kappa shape index (κ3) is 6.20. The van der Waals surface area contributed by atoms with E-state index in [0.29, 0.717) is 0 Å². The van der Waals surface area contributed by atoms with Crippen molar-refractivity contribution in [1.82, 2.24) is 4.90 Å². The third-order valence-electron chi connectivity index (χ3n) is 1.40. The second-order valence-corrected chi connectivity index (χ2v) is 2.79. The summed E-state index contributed by atoms with van der Waals surface area (Å²) in [7, 11) is 0. The first kappa shape index (κ1) is 10.8. The number of nitrogens with zero attached hydrogens (tertiary/aromatic N) is 1. The molecule has 0 fully saturated rings. The van der Waals surface area contributed by atoms with Crippen molar-refractivity contribution in [2.24, 2.45) is 0 Å². The molecule has 0 aliphatic carbocycles. The highest BCUT2D eigenvalue weighted by Gasteiger charge is 1.96. The molecule has 0 aromatic rings. The Morgan fingerprint density at radius 3 is 2.64 bits per heavy atom. The van der Waals surface area contributed by atoms with Crippen LogP contribution in [0.5, 0.6) is 0 Å². The maximum absolute atomic E-state index is 4.17. The fraction of sp³-hybridized carbons (Fsp3) is 0.556. The largest absolute Gasteiger partial charge is 0.295 e. The smallest absolute Gasteiger partial charge is 0.0166 e. The number of hydrogen-bond donors (Lipinski definition) is 1. The van der Waals surface area contributed by atoms with Crippen LogP contribution < -0.4 is 0 Å². The zero-order valence-corrected chi connectivity index (χ0v) is 8.06. The molecule has 0 heterocycles. The van der Waals surface area contributed by atoms with E-state index in [2.05, 4.69) is 36.3 Å². The number of rotatable bonds is 6.